The maximum absolute atomic E-state index is 13.3. The van der Waals surface area contributed by atoms with Crippen LogP contribution in [0.3, 0.4) is 0 Å². The summed E-state index contributed by atoms with van der Waals surface area (Å²) in [6.07, 6.45) is 8.10. The van der Waals surface area contributed by atoms with Crippen molar-refractivity contribution in [1.82, 2.24) is 0 Å². The number of anilines is 1. The average Bonchev–Trinajstić information content (AvgIpc) is 2.91. The lowest BCUT2D eigenvalue weighted by Gasteiger charge is -2.36. The van der Waals surface area contributed by atoms with E-state index in [0.717, 1.165) is 23.1 Å². The Labute approximate surface area is 140 Å². The highest BCUT2D eigenvalue weighted by Crippen LogP contribution is 2.46. The Balaban J connectivity index is 2.12. The van der Waals surface area contributed by atoms with Gasteiger partial charge in [0.25, 0.3) is 0 Å². The molecule has 118 valence electrons. The minimum absolute atomic E-state index is 0.0941. The number of aliphatic hydroxyl groups excluding tert-OH is 1. The molecule has 0 spiro atoms. The quantitative estimate of drug-likeness (QED) is 0.848. The van der Waals surface area contributed by atoms with Crippen LogP contribution in [0.15, 0.2) is 30.3 Å². The van der Waals surface area contributed by atoms with Crippen LogP contribution in [0.25, 0.3) is 0 Å². The normalized spacial score (nSPS) is 20.1. The largest absolute Gasteiger partial charge is 0.392 e. The number of nitrogen functional groups attached to an aromatic ring is 1. The molecule has 2 aromatic rings. The van der Waals surface area contributed by atoms with E-state index in [1.807, 2.05) is 30.3 Å². The third-order valence-electron chi connectivity index (χ3n) is 4.77. The van der Waals surface area contributed by atoms with Crippen LogP contribution < -0.4 is 5.73 Å². The molecule has 1 aromatic heterocycles. The van der Waals surface area contributed by atoms with Crippen molar-refractivity contribution >= 4 is 22.1 Å². The van der Waals surface area contributed by atoms with Crippen molar-refractivity contribution in [3.8, 4) is 12.3 Å². The van der Waals surface area contributed by atoms with Gasteiger partial charge in [-0.1, -0.05) is 30.3 Å². The molecule has 0 bridgehead atoms. The van der Waals surface area contributed by atoms with Crippen LogP contribution in [0.1, 0.15) is 45.6 Å². The van der Waals surface area contributed by atoms with Gasteiger partial charge in [0.1, 0.15) is 0 Å². The van der Waals surface area contributed by atoms with Crippen LogP contribution in [0, 0.1) is 12.3 Å². The Morgan fingerprint density at radius 3 is 2.74 bits per heavy atom. The van der Waals surface area contributed by atoms with Crippen molar-refractivity contribution in [3.63, 3.8) is 0 Å². The van der Waals surface area contributed by atoms with Gasteiger partial charge in [0.15, 0.2) is 5.78 Å². The molecule has 1 heterocycles. The first-order chi connectivity index (χ1) is 11.1. The minimum Gasteiger partial charge on any atom is -0.392 e. The molecule has 4 heteroatoms. The Bertz CT molecular complexity index is 773. The zero-order chi connectivity index (χ0) is 16.4. The third kappa shape index (κ3) is 2.46. The zero-order valence-corrected chi connectivity index (χ0v) is 13.7. The summed E-state index contributed by atoms with van der Waals surface area (Å²) in [6.45, 7) is -0.117. The predicted molar refractivity (Wildman–Crippen MR) is 93.5 cm³/mol. The fourth-order valence-electron chi connectivity index (χ4n) is 3.51. The highest BCUT2D eigenvalue weighted by atomic mass is 32.1. The SMILES string of the molecule is C#CCCC1(c2ccccc2)CCc2c(sc(N)c2CO)C1=O. The van der Waals surface area contributed by atoms with E-state index in [2.05, 4.69) is 5.92 Å². The number of benzene rings is 1. The molecule has 0 saturated heterocycles. The van der Waals surface area contributed by atoms with E-state index >= 15 is 0 Å². The van der Waals surface area contributed by atoms with Gasteiger partial charge < -0.3 is 10.8 Å². The predicted octanol–water partition coefficient (Wildman–Crippen LogP) is 3.30. The number of hydrogen-bond acceptors (Lipinski definition) is 4. The molecule has 0 radical (unpaired) electrons. The number of carbonyl (C=O) groups is 1. The molecular formula is C19H19NO2S. The smallest absolute Gasteiger partial charge is 0.183 e. The number of terminal acetylenes is 1. The van der Waals surface area contributed by atoms with Gasteiger partial charge in [-0.25, -0.2) is 0 Å². The summed E-state index contributed by atoms with van der Waals surface area (Å²) in [4.78, 5) is 14.0. The lowest BCUT2D eigenvalue weighted by molar-refractivity contribution is 0.0855. The number of rotatable bonds is 4. The fraction of sp³-hybridized carbons (Fsp3) is 0.316. The fourth-order valence-corrected chi connectivity index (χ4v) is 4.68. The summed E-state index contributed by atoms with van der Waals surface area (Å²) in [5.74, 6) is 2.76. The highest BCUT2D eigenvalue weighted by Gasteiger charge is 2.45. The lowest BCUT2D eigenvalue weighted by Crippen LogP contribution is -2.39. The Kier molecular flexibility index (Phi) is 4.25. The van der Waals surface area contributed by atoms with Crippen molar-refractivity contribution in [3.05, 3.63) is 51.9 Å². The molecule has 3 N–H and O–H groups in total. The van der Waals surface area contributed by atoms with Gasteiger partial charge in [-0.15, -0.1) is 23.7 Å². The molecule has 1 unspecified atom stereocenters. The van der Waals surface area contributed by atoms with E-state index in [1.165, 1.54) is 11.3 Å². The maximum Gasteiger partial charge on any atom is 0.183 e. The van der Waals surface area contributed by atoms with E-state index in [9.17, 15) is 9.90 Å². The molecule has 0 aliphatic heterocycles. The molecule has 1 aliphatic rings. The van der Waals surface area contributed by atoms with E-state index in [-0.39, 0.29) is 12.4 Å². The number of ketones is 1. The standard InChI is InChI=1S/C19H19NO2S/c1-2-3-10-19(13-7-5-4-6-8-13)11-9-14-15(12-21)18(20)23-16(14)17(19)22/h1,4-8,21H,3,9-12,20H2. The first-order valence-corrected chi connectivity index (χ1v) is 8.50. The van der Waals surface area contributed by atoms with Gasteiger partial charge >= 0.3 is 0 Å². The van der Waals surface area contributed by atoms with E-state index < -0.39 is 5.41 Å². The van der Waals surface area contributed by atoms with Crippen LogP contribution in [-0.2, 0) is 18.4 Å². The number of Topliss-reactive ketones (excluding diaryl/α,β-unsaturated/α-hetero) is 1. The van der Waals surface area contributed by atoms with Crippen molar-refractivity contribution in [2.75, 3.05) is 5.73 Å². The van der Waals surface area contributed by atoms with Crippen molar-refractivity contribution in [2.45, 2.75) is 37.7 Å². The van der Waals surface area contributed by atoms with Gasteiger partial charge in [0, 0.05) is 12.0 Å². The van der Waals surface area contributed by atoms with E-state index in [1.54, 1.807) is 0 Å². The number of carbonyl (C=O) groups excluding carboxylic acids is 1. The number of nitrogens with two attached hydrogens (primary N) is 1. The number of fused-ring (bicyclic) bond motifs is 1. The number of aliphatic hydroxyl groups is 1. The molecule has 3 rings (SSSR count). The second-order valence-corrected chi connectivity index (χ2v) is 6.94. The molecule has 1 aliphatic carbocycles. The summed E-state index contributed by atoms with van der Waals surface area (Å²) in [5, 5.41) is 10.1. The summed E-state index contributed by atoms with van der Waals surface area (Å²) in [7, 11) is 0. The first-order valence-electron chi connectivity index (χ1n) is 7.68. The van der Waals surface area contributed by atoms with Crippen LogP contribution in [0.2, 0.25) is 0 Å². The van der Waals surface area contributed by atoms with Crippen LogP contribution in [0.4, 0.5) is 5.00 Å². The summed E-state index contributed by atoms with van der Waals surface area (Å²) in [5.41, 5.74) is 8.08. The number of thiophene rings is 1. The molecule has 0 saturated carbocycles. The molecule has 23 heavy (non-hydrogen) atoms. The van der Waals surface area contributed by atoms with E-state index in [0.29, 0.717) is 29.1 Å². The van der Waals surface area contributed by atoms with E-state index in [4.69, 9.17) is 12.2 Å². The topological polar surface area (TPSA) is 63.3 Å². The lowest BCUT2D eigenvalue weighted by atomic mass is 9.66. The third-order valence-corrected chi connectivity index (χ3v) is 5.87. The van der Waals surface area contributed by atoms with Crippen LogP contribution >= 0.6 is 11.3 Å². The van der Waals surface area contributed by atoms with Crippen molar-refractivity contribution < 1.29 is 9.90 Å². The monoisotopic (exact) mass is 325 g/mol. The minimum atomic E-state index is -0.579. The van der Waals surface area contributed by atoms with Crippen molar-refractivity contribution in [2.24, 2.45) is 0 Å². The number of hydrogen-bond donors (Lipinski definition) is 2. The Hall–Kier alpha value is -2.09. The molecule has 1 atom stereocenters. The molecule has 0 fully saturated rings. The van der Waals surface area contributed by atoms with Gasteiger partial charge in [-0.3, -0.25) is 4.79 Å². The molecule has 1 aromatic carbocycles. The molecule has 0 amide bonds. The van der Waals surface area contributed by atoms with Gasteiger partial charge in [-0.05, 0) is 30.4 Å². The highest BCUT2D eigenvalue weighted by molar-refractivity contribution is 7.18. The van der Waals surface area contributed by atoms with Gasteiger partial charge in [0.05, 0.1) is 21.9 Å². The van der Waals surface area contributed by atoms with Crippen LogP contribution in [0.5, 0.6) is 0 Å². The average molecular weight is 325 g/mol. The van der Waals surface area contributed by atoms with Crippen molar-refractivity contribution in [1.29, 1.82) is 0 Å². The Morgan fingerprint density at radius 2 is 2.09 bits per heavy atom. The van der Waals surface area contributed by atoms with Gasteiger partial charge in [-0.2, -0.15) is 0 Å². The first kappa shape index (κ1) is 15.8. The van der Waals surface area contributed by atoms with Gasteiger partial charge in [0.2, 0.25) is 0 Å². The maximum atomic E-state index is 13.3. The summed E-state index contributed by atoms with van der Waals surface area (Å²) >= 11 is 1.30. The second-order valence-electron chi connectivity index (χ2n) is 5.89. The zero-order valence-electron chi connectivity index (χ0n) is 12.8. The molecular weight excluding hydrogens is 306 g/mol. The Morgan fingerprint density at radius 1 is 1.35 bits per heavy atom. The summed E-state index contributed by atoms with van der Waals surface area (Å²) < 4.78 is 0. The molecule has 3 nitrogen and oxygen atoms in total. The second kappa shape index (κ2) is 6.19. The van der Waals surface area contributed by atoms with Crippen LogP contribution in [-0.4, -0.2) is 10.9 Å². The summed E-state index contributed by atoms with van der Waals surface area (Å²) in [6, 6.07) is 9.87.